The van der Waals surface area contributed by atoms with Crippen LogP contribution in [0.4, 0.5) is 21.7 Å². The number of aromatic nitrogens is 3. The molecule has 148 valence electrons. The Kier molecular flexibility index (Phi) is 4.71. The van der Waals surface area contributed by atoms with Crippen molar-refractivity contribution in [2.75, 3.05) is 17.2 Å². The molecule has 3 heterocycles. The zero-order valence-electron chi connectivity index (χ0n) is 15.9. The van der Waals surface area contributed by atoms with E-state index in [4.69, 9.17) is 0 Å². The van der Waals surface area contributed by atoms with E-state index in [1.807, 2.05) is 0 Å². The van der Waals surface area contributed by atoms with Gasteiger partial charge < -0.3 is 15.6 Å². The second-order valence-electron chi connectivity index (χ2n) is 6.72. The molecule has 0 spiro atoms. The molecule has 0 unspecified atom stereocenters. The molecule has 0 saturated heterocycles. The van der Waals surface area contributed by atoms with Crippen molar-refractivity contribution in [3.8, 4) is 11.4 Å². The predicted molar refractivity (Wildman–Crippen MR) is 107 cm³/mol. The Balaban J connectivity index is 1.85. The first-order valence-corrected chi connectivity index (χ1v) is 9.10. The minimum absolute atomic E-state index is 0.153. The lowest BCUT2D eigenvalue weighted by atomic mass is 10.1. The van der Waals surface area contributed by atoms with Crippen LogP contribution in [-0.4, -0.2) is 33.3 Å². The van der Waals surface area contributed by atoms with Gasteiger partial charge in [0.05, 0.1) is 22.6 Å². The molecule has 9 heteroatoms. The highest BCUT2D eigenvalue weighted by molar-refractivity contribution is 6.06. The van der Waals surface area contributed by atoms with Crippen LogP contribution in [-0.2, 0) is 11.2 Å². The maximum atomic E-state index is 14.0. The molecule has 1 aromatic carbocycles. The molecule has 2 aromatic heterocycles. The van der Waals surface area contributed by atoms with Crippen molar-refractivity contribution in [2.45, 2.75) is 20.3 Å². The SMILES string of the molecule is CC(=O)Nc1nccc(-c2[nH]c3c(c2Nc2cccc(F)c2C)C(=O)NCC3)n1. The first-order valence-electron chi connectivity index (χ1n) is 9.10. The second kappa shape index (κ2) is 7.34. The molecular weight excluding hydrogens is 375 g/mol. The first kappa shape index (κ1) is 18.6. The molecule has 0 radical (unpaired) electrons. The van der Waals surface area contributed by atoms with E-state index in [0.717, 1.165) is 5.69 Å². The van der Waals surface area contributed by atoms with Gasteiger partial charge >= 0.3 is 0 Å². The molecular formula is C20H19FN6O2. The monoisotopic (exact) mass is 394 g/mol. The highest BCUT2D eigenvalue weighted by atomic mass is 19.1. The van der Waals surface area contributed by atoms with Crippen LogP contribution in [0, 0.1) is 12.7 Å². The highest BCUT2D eigenvalue weighted by Gasteiger charge is 2.28. The van der Waals surface area contributed by atoms with Crippen LogP contribution in [0.25, 0.3) is 11.4 Å². The smallest absolute Gasteiger partial charge is 0.255 e. The van der Waals surface area contributed by atoms with Crippen molar-refractivity contribution in [1.29, 1.82) is 0 Å². The molecule has 4 N–H and O–H groups in total. The molecule has 0 aliphatic carbocycles. The van der Waals surface area contributed by atoms with Gasteiger partial charge in [-0.1, -0.05) is 6.07 Å². The summed E-state index contributed by atoms with van der Waals surface area (Å²) in [5.74, 6) is -0.706. The van der Waals surface area contributed by atoms with Gasteiger partial charge in [0.25, 0.3) is 5.91 Å². The van der Waals surface area contributed by atoms with E-state index in [9.17, 15) is 14.0 Å². The van der Waals surface area contributed by atoms with Crippen LogP contribution in [0.3, 0.4) is 0 Å². The summed E-state index contributed by atoms with van der Waals surface area (Å²) in [4.78, 5) is 35.6. The molecule has 8 nitrogen and oxygen atoms in total. The van der Waals surface area contributed by atoms with Crippen molar-refractivity contribution in [1.82, 2.24) is 20.3 Å². The number of hydrogen-bond donors (Lipinski definition) is 4. The molecule has 0 bridgehead atoms. The van der Waals surface area contributed by atoms with Crippen LogP contribution in [0.1, 0.15) is 28.5 Å². The maximum absolute atomic E-state index is 14.0. The fourth-order valence-electron chi connectivity index (χ4n) is 3.29. The van der Waals surface area contributed by atoms with Crippen LogP contribution < -0.4 is 16.0 Å². The number of rotatable bonds is 4. The number of anilines is 3. The molecule has 1 aliphatic rings. The number of carbonyl (C=O) groups excluding carboxylic acids is 2. The molecule has 0 fully saturated rings. The fraction of sp³-hybridized carbons (Fsp3) is 0.200. The summed E-state index contributed by atoms with van der Waals surface area (Å²) in [6, 6.07) is 6.39. The number of benzene rings is 1. The number of hydrogen-bond acceptors (Lipinski definition) is 5. The Bertz CT molecular complexity index is 1120. The Hall–Kier alpha value is -3.75. The van der Waals surface area contributed by atoms with E-state index in [1.165, 1.54) is 19.2 Å². The topological polar surface area (TPSA) is 112 Å². The Morgan fingerprint density at radius 1 is 1.28 bits per heavy atom. The van der Waals surface area contributed by atoms with E-state index < -0.39 is 0 Å². The standard InChI is InChI=1S/C20H19FN6O2/c1-10-12(21)4-3-5-13(10)25-18-16-14(6-8-22-19(16)29)26-17(18)15-7-9-23-20(27-15)24-11(2)28/h3-5,7,9,25-26H,6,8H2,1-2H3,(H,22,29)(H,23,24,27,28). The summed E-state index contributed by atoms with van der Waals surface area (Å²) in [6.45, 7) is 3.55. The van der Waals surface area contributed by atoms with Gasteiger partial charge in [0.15, 0.2) is 0 Å². The summed E-state index contributed by atoms with van der Waals surface area (Å²) in [5.41, 5.74) is 3.76. The third kappa shape index (κ3) is 3.54. The summed E-state index contributed by atoms with van der Waals surface area (Å²) in [6.07, 6.45) is 2.15. The largest absolute Gasteiger partial charge is 0.355 e. The van der Waals surface area contributed by atoms with Gasteiger partial charge in [0.2, 0.25) is 11.9 Å². The van der Waals surface area contributed by atoms with Crippen molar-refractivity contribution in [2.24, 2.45) is 0 Å². The highest BCUT2D eigenvalue weighted by Crippen LogP contribution is 2.37. The van der Waals surface area contributed by atoms with Gasteiger partial charge in [-0.15, -0.1) is 0 Å². The molecule has 4 rings (SSSR count). The number of aromatic amines is 1. The molecule has 1 aliphatic heterocycles. The Morgan fingerprint density at radius 3 is 2.90 bits per heavy atom. The number of fused-ring (bicyclic) bond motifs is 1. The lowest BCUT2D eigenvalue weighted by molar-refractivity contribution is -0.114. The summed E-state index contributed by atoms with van der Waals surface area (Å²) in [5, 5.41) is 8.58. The van der Waals surface area contributed by atoms with Crippen molar-refractivity contribution < 1.29 is 14.0 Å². The van der Waals surface area contributed by atoms with Gasteiger partial charge in [-0.2, -0.15) is 0 Å². The normalized spacial score (nSPS) is 12.9. The number of amides is 2. The van der Waals surface area contributed by atoms with E-state index in [0.29, 0.717) is 46.9 Å². The van der Waals surface area contributed by atoms with Crippen molar-refractivity contribution >= 4 is 29.1 Å². The van der Waals surface area contributed by atoms with Crippen LogP contribution in [0.15, 0.2) is 30.5 Å². The summed E-state index contributed by atoms with van der Waals surface area (Å²) >= 11 is 0. The molecule has 3 aromatic rings. The van der Waals surface area contributed by atoms with E-state index in [-0.39, 0.29) is 23.6 Å². The second-order valence-corrected chi connectivity index (χ2v) is 6.72. The number of nitrogens with one attached hydrogen (secondary N) is 4. The van der Waals surface area contributed by atoms with Crippen LogP contribution in [0.5, 0.6) is 0 Å². The van der Waals surface area contributed by atoms with Gasteiger partial charge in [-0.05, 0) is 25.1 Å². The minimum atomic E-state index is -0.347. The Labute approximate surface area is 166 Å². The maximum Gasteiger partial charge on any atom is 0.255 e. The Morgan fingerprint density at radius 2 is 2.10 bits per heavy atom. The number of carbonyl (C=O) groups is 2. The van der Waals surface area contributed by atoms with Crippen molar-refractivity contribution in [3.05, 3.63) is 53.1 Å². The van der Waals surface area contributed by atoms with E-state index in [2.05, 4.69) is 30.9 Å². The fourth-order valence-corrected chi connectivity index (χ4v) is 3.29. The lowest BCUT2D eigenvalue weighted by Crippen LogP contribution is -2.31. The predicted octanol–water partition coefficient (Wildman–Crippen LogP) is 2.91. The van der Waals surface area contributed by atoms with Crippen molar-refractivity contribution in [3.63, 3.8) is 0 Å². The van der Waals surface area contributed by atoms with Gasteiger partial charge in [0, 0.05) is 43.0 Å². The van der Waals surface area contributed by atoms with Crippen LogP contribution in [0.2, 0.25) is 0 Å². The molecule has 29 heavy (non-hydrogen) atoms. The average Bonchev–Trinajstić information content (AvgIpc) is 3.05. The lowest BCUT2D eigenvalue weighted by Gasteiger charge is -2.16. The third-order valence-electron chi connectivity index (χ3n) is 4.69. The quantitative estimate of drug-likeness (QED) is 0.544. The summed E-state index contributed by atoms with van der Waals surface area (Å²) in [7, 11) is 0. The molecule has 0 saturated carbocycles. The zero-order valence-corrected chi connectivity index (χ0v) is 15.9. The van der Waals surface area contributed by atoms with Gasteiger partial charge in [-0.3, -0.25) is 14.9 Å². The minimum Gasteiger partial charge on any atom is -0.355 e. The molecule has 2 amide bonds. The zero-order chi connectivity index (χ0) is 20.5. The first-order chi connectivity index (χ1) is 13.9. The molecule has 0 atom stereocenters. The van der Waals surface area contributed by atoms with Gasteiger partial charge in [-0.25, -0.2) is 14.4 Å². The number of halogens is 1. The van der Waals surface area contributed by atoms with Gasteiger partial charge in [0.1, 0.15) is 5.82 Å². The van der Waals surface area contributed by atoms with E-state index >= 15 is 0 Å². The van der Waals surface area contributed by atoms with E-state index in [1.54, 1.807) is 25.1 Å². The summed E-state index contributed by atoms with van der Waals surface area (Å²) < 4.78 is 14.0. The number of nitrogens with zero attached hydrogens (tertiary/aromatic N) is 2. The average molecular weight is 394 g/mol. The van der Waals surface area contributed by atoms with Crippen LogP contribution >= 0.6 is 0 Å². The third-order valence-corrected chi connectivity index (χ3v) is 4.69. The number of H-pyrrole nitrogens is 1.